The van der Waals surface area contributed by atoms with Crippen molar-refractivity contribution in [3.63, 3.8) is 0 Å². The Labute approximate surface area is 72.8 Å². The summed E-state index contributed by atoms with van der Waals surface area (Å²) in [5.41, 5.74) is 0. The Morgan fingerprint density at radius 1 is 1.17 bits per heavy atom. The van der Waals surface area contributed by atoms with Gasteiger partial charge in [-0.15, -0.1) is 0 Å². The number of methoxy groups -OCH3 is 1. The van der Waals surface area contributed by atoms with Crippen LogP contribution in [0.3, 0.4) is 0 Å². The molecule has 0 aromatic heterocycles. The second kappa shape index (κ2) is 8.33. The summed E-state index contributed by atoms with van der Waals surface area (Å²) in [4.78, 5) is 10.7. The molecule has 0 spiro atoms. The summed E-state index contributed by atoms with van der Waals surface area (Å²) in [6.45, 7) is 3.12. The van der Waals surface area contributed by atoms with E-state index in [0.29, 0.717) is 13.2 Å². The van der Waals surface area contributed by atoms with Gasteiger partial charge in [-0.05, 0) is 6.42 Å². The van der Waals surface area contributed by atoms with Gasteiger partial charge in [-0.1, -0.05) is 13.3 Å². The van der Waals surface area contributed by atoms with Crippen molar-refractivity contribution in [3.8, 4) is 0 Å². The van der Waals surface area contributed by atoms with E-state index in [2.05, 4.69) is 9.47 Å². The fourth-order valence-corrected chi connectivity index (χ4v) is 0.550. The summed E-state index contributed by atoms with van der Waals surface area (Å²) in [5.74, 6) is 0. The van der Waals surface area contributed by atoms with Gasteiger partial charge in [0.05, 0.1) is 13.2 Å². The zero-order valence-corrected chi connectivity index (χ0v) is 7.67. The highest BCUT2D eigenvalue weighted by molar-refractivity contribution is 5.59. The lowest BCUT2D eigenvalue weighted by atomic mass is 10.4. The van der Waals surface area contributed by atoms with Gasteiger partial charge in [0.1, 0.15) is 6.61 Å². The van der Waals surface area contributed by atoms with E-state index in [0.717, 1.165) is 12.8 Å². The van der Waals surface area contributed by atoms with Crippen LogP contribution in [0.5, 0.6) is 0 Å². The van der Waals surface area contributed by atoms with Gasteiger partial charge < -0.3 is 14.2 Å². The van der Waals surface area contributed by atoms with E-state index in [9.17, 15) is 4.79 Å². The second-order valence-electron chi connectivity index (χ2n) is 2.29. The molecule has 0 atom stereocenters. The van der Waals surface area contributed by atoms with Gasteiger partial charge in [0.25, 0.3) is 0 Å². The van der Waals surface area contributed by atoms with E-state index in [-0.39, 0.29) is 6.61 Å². The van der Waals surface area contributed by atoms with Crippen molar-refractivity contribution in [1.29, 1.82) is 0 Å². The number of hydrogen-bond acceptors (Lipinski definition) is 4. The van der Waals surface area contributed by atoms with Crippen molar-refractivity contribution >= 4 is 6.16 Å². The molecule has 0 amide bonds. The zero-order chi connectivity index (χ0) is 9.23. The maximum Gasteiger partial charge on any atom is 0.508 e. The summed E-state index contributed by atoms with van der Waals surface area (Å²) in [6, 6.07) is 0. The summed E-state index contributed by atoms with van der Waals surface area (Å²) in [7, 11) is 1.55. The monoisotopic (exact) mass is 176 g/mol. The molecule has 0 aromatic rings. The zero-order valence-electron chi connectivity index (χ0n) is 7.67. The molecule has 4 nitrogen and oxygen atoms in total. The predicted octanol–water partition coefficient (Wildman–Crippen LogP) is 1.59. The fourth-order valence-electron chi connectivity index (χ4n) is 0.550. The summed E-state index contributed by atoms with van der Waals surface area (Å²) >= 11 is 0. The maximum atomic E-state index is 10.7. The van der Waals surface area contributed by atoms with Gasteiger partial charge in [0.15, 0.2) is 0 Å². The Morgan fingerprint density at radius 3 is 2.42 bits per heavy atom. The standard InChI is InChI=1S/C8H16O4/c1-3-4-5-11-8(9)12-7-6-10-2/h3-7H2,1-2H3. The van der Waals surface area contributed by atoms with Crippen LogP contribution in [0.2, 0.25) is 0 Å². The minimum Gasteiger partial charge on any atom is -0.434 e. The number of unbranched alkanes of at least 4 members (excludes halogenated alkanes) is 1. The van der Waals surface area contributed by atoms with Crippen molar-refractivity contribution in [2.75, 3.05) is 26.9 Å². The molecule has 0 N–H and O–H groups in total. The molecule has 0 unspecified atom stereocenters. The third kappa shape index (κ3) is 7.34. The summed E-state index contributed by atoms with van der Waals surface area (Å²) < 4.78 is 14.0. The lowest BCUT2D eigenvalue weighted by Crippen LogP contribution is -2.11. The smallest absolute Gasteiger partial charge is 0.434 e. The Morgan fingerprint density at radius 2 is 1.83 bits per heavy atom. The molecule has 0 aliphatic rings. The van der Waals surface area contributed by atoms with E-state index in [4.69, 9.17) is 4.74 Å². The van der Waals surface area contributed by atoms with Crippen LogP contribution in [-0.4, -0.2) is 33.1 Å². The molecule has 0 saturated heterocycles. The van der Waals surface area contributed by atoms with E-state index in [1.165, 1.54) is 0 Å². The summed E-state index contributed by atoms with van der Waals surface area (Å²) in [6.07, 6.45) is 1.27. The highest BCUT2D eigenvalue weighted by Crippen LogP contribution is 1.91. The number of rotatable bonds is 6. The first-order valence-corrected chi connectivity index (χ1v) is 4.09. The van der Waals surface area contributed by atoms with Crippen LogP contribution in [0.1, 0.15) is 19.8 Å². The average Bonchev–Trinajstić information content (AvgIpc) is 2.06. The Kier molecular flexibility index (Phi) is 7.79. The van der Waals surface area contributed by atoms with Crippen molar-refractivity contribution in [3.05, 3.63) is 0 Å². The number of hydrogen-bond donors (Lipinski definition) is 0. The number of carbonyl (C=O) groups is 1. The van der Waals surface area contributed by atoms with Crippen molar-refractivity contribution < 1.29 is 19.0 Å². The van der Waals surface area contributed by atoms with Crippen LogP contribution >= 0.6 is 0 Å². The predicted molar refractivity (Wildman–Crippen MR) is 44.1 cm³/mol. The number of ether oxygens (including phenoxy) is 3. The molecule has 12 heavy (non-hydrogen) atoms. The topological polar surface area (TPSA) is 44.8 Å². The highest BCUT2D eigenvalue weighted by atomic mass is 16.7. The summed E-state index contributed by atoms with van der Waals surface area (Å²) in [5, 5.41) is 0. The Bertz CT molecular complexity index is 102. The average molecular weight is 176 g/mol. The molecule has 0 aliphatic heterocycles. The van der Waals surface area contributed by atoms with Crippen molar-refractivity contribution in [2.45, 2.75) is 19.8 Å². The van der Waals surface area contributed by atoms with E-state index in [1.54, 1.807) is 7.11 Å². The van der Waals surface area contributed by atoms with Crippen molar-refractivity contribution in [2.24, 2.45) is 0 Å². The highest BCUT2D eigenvalue weighted by Gasteiger charge is 2.01. The van der Waals surface area contributed by atoms with Gasteiger partial charge in [0, 0.05) is 7.11 Å². The maximum absolute atomic E-state index is 10.7. The molecular formula is C8H16O4. The van der Waals surface area contributed by atoms with Gasteiger partial charge >= 0.3 is 6.16 Å². The lowest BCUT2D eigenvalue weighted by molar-refractivity contribution is 0.0360. The molecule has 0 fully saturated rings. The Balaban J connectivity index is 3.10. The van der Waals surface area contributed by atoms with Crippen LogP contribution in [0, 0.1) is 0 Å². The van der Waals surface area contributed by atoms with E-state index in [1.807, 2.05) is 6.92 Å². The molecule has 0 rings (SSSR count). The molecule has 0 aromatic carbocycles. The minimum atomic E-state index is -0.611. The van der Waals surface area contributed by atoms with Crippen molar-refractivity contribution in [1.82, 2.24) is 0 Å². The molecule has 0 heterocycles. The van der Waals surface area contributed by atoms with Crippen LogP contribution < -0.4 is 0 Å². The lowest BCUT2D eigenvalue weighted by Gasteiger charge is -2.04. The van der Waals surface area contributed by atoms with Gasteiger partial charge in [0.2, 0.25) is 0 Å². The quantitative estimate of drug-likeness (QED) is 0.455. The third-order valence-electron chi connectivity index (χ3n) is 1.23. The normalized spacial score (nSPS) is 9.50. The van der Waals surface area contributed by atoms with Gasteiger partial charge in [-0.2, -0.15) is 0 Å². The van der Waals surface area contributed by atoms with E-state index >= 15 is 0 Å². The first kappa shape index (κ1) is 11.2. The molecule has 4 heteroatoms. The first-order valence-electron chi connectivity index (χ1n) is 4.09. The van der Waals surface area contributed by atoms with Gasteiger partial charge in [-0.25, -0.2) is 4.79 Å². The molecule has 72 valence electrons. The van der Waals surface area contributed by atoms with Crippen LogP contribution in [0.15, 0.2) is 0 Å². The second-order valence-corrected chi connectivity index (χ2v) is 2.29. The molecule has 0 aliphatic carbocycles. The first-order chi connectivity index (χ1) is 5.81. The number of carbonyl (C=O) groups excluding carboxylic acids is 1. The fraction of sp³-hybridized carbons (Fsp3) is 0.875. The van der Waals surface area contributed by atoms with Gasteiger partial charge in [-0.3, -0.25) is 0 Å². The molecule has 0 saturated carbocycles. The molecular weight excluding hydrogens is 160 g/mol. The van der Waals surface area contributed by atoms with Crippen LogP contribution in [0.25, 0.3) is 0 Å². The van der Waals surface area contributed by atoms with Crippen LogP contribution in [0.4, 0.5) is 4.79 Å². The van der Waals surface area contributed by atoms with E-state index < -0.39 is 6.16 Å². The molecule has 0 radical (unpaired) electrons. The Hall–Kier alpha value is -0.770. The SMILES string of the molecule is CCCCOC(=O)OCCOC. The third-order valence-corrected chi connectivity index (χ3v) is 1.23. The largest absolute Gasteiger partial charge is 0.508 e. The minimum absolute atomic E-state index is 0.251. The molecule has 0 bridgehead atoms. The van der Waals surface area contributed by atoms with Crippen LogP contribution in [-0.2, 0) is 14.2 Å².